The highest BCUT2D eigenvalue weighted by Gasteiger charge is 2.07. The molecule has 0 unspecified atom stereocenters. The Morgan fingerprint density at radius 2 is 2.18 bits per heavy atom. The Hall–Kier alpha value is -1.38. The largest absolute Gasteiger partial charge is 0.508 e. The fraction of sp³-hybridized carbons (Fsp3) is 0.125. The summed E-state index contributed by atoms with van der Waals surface area (Å²) < 4.78 is 12.9. The first-order valence-electron chi connectivity index (χ1n) is 3.10. The van der Waals surface area contributed by atoms with Crippen molar-refractivity contribution in [2.45, 2.75) is 6.92 Å². The maximum absolute atomic E-state index is 12.9. The van der Waals surface area contributed by atoms with Gasteiger partial charge in [0.25, 0.3) is 0 Å². The molecule has 0 bridgehead atoms. The minimum absolute atomic E-state index is 0.0275. The van der Waals surface area contributed by atoms with Crippen LogP contribution in [0.25, 0.3) is 0 Å². The van der Waals surface area contributed by atoms with Crippen molar-refractivity contribution in [3.63, 3.8) is 0 Å². The second-order valence-electron chi connectivity index (χ2n) is 2.23. The van der Waals surface area contributed by atoms with E-state index in [4.69, 9.17) is 5.11 Å². The smallest absolute Gasteiger partial charge is 0.153 e. The van der Waals surface area contributed by atoms with Crippen LogP contribution in [0, 0.1) is 12.7 Å². The van der Waals surface area contributed by atoms with Crippen molar-refractivity contribution in [2.24, 2.45) is 0 Å². The molecule has 1 aromatic rings. The van der Waals surface area contributed by atoms with Gasteiger partial charge in [-0.25, -0.2) is 4.39 Å². The average molecular weight is 154 g/mol. The molecule has 0 amide bonds. The Morgan fingerprint density at radius 1 is 1.55 bits per heavy atom. The molecule has 0 aliphatic rings. The van der Waals surface area contributed by atoms with E-state index < -0.39 is 5.82 Å². The molecule has 0 saturated heterocycles. The van der Waals surface area contributed by atoms with Gasteiger partial charge in [-0.05, 0) is 19.1 Å². The fourth-order valence-corrected chi connectivity index (χ4v) is 0.787. The van der Waals surface area contributed by atoms with Crippen LogP contribution in [0.1, 0.15) is 15.9 Å². The van der Waals surface area contributed by atoms with E-state index in [1.165, 1.54) is 19.1 Å². The number of hydrogen-bond donors (Lipinski definition) is 1. The van der Waals surface area contributed by atoms with Crippen LogP contribution in [0.2, 0.25) is 0 Å². The molecule has 1 N–H and O–H groups in total. The maximum atomic E-state index is 12.9. The SMILES string of the molecule is Cc1c(O)ccc(C=O)c1F. The standard InChI is InChI=1S/C8H7FO2/c1-5-7(11)3-2-6(4-10)8(5)9/h2-4,11H,1H3. The van der Waals surface area contributed by atoms with Crippen molar-refractivity contribution in [1.82, 2.24) is 0 Å². The van der Waals surface area contributed by atoms with Crippen LogP contribution in [0.3, 0.4) is 0 Å². The number of phenols is 1. The Morgan fingerprint density at radius 3 is 2.73 bits per heavy atom. The van der Waals surface area contributed by atoms with Gasteiger partial charge in [-0.3, -0.25) is 4.79 Å². The minimum Gasteiger partial charge on any atom is -0.508 e. The summed E-state index contributed by atoms with van der Waals surface area (Å²) >= 11 is 0. The number of benzene rings is 1. The molecule has 1 aromatic carbocycles. The first-order chi connectivity index (χ1) is 5.16. The number of aromatic hydroxyl groups is 1. The summed E-state index contributed by atoms with van der Waals surface area (Å²) in [5.74, 6) is -0.784. The lowest BCUT2D eigenvalue weighted by Gasteiger charge is -2.00. The van der Waals surface area contributed by atoms with E-state index in [2.05, 4.69) is 0 Å². The van der Waals surface area contributed by atoms with E-state index in [0.717, 1.165) is 0 Å². The third-order valence-electron chi connectivity index (χ3n) is 1.51. The van der Waals surface area contributed by atoms with Gasteiger partial charge in [-0.15, -0.1) is 0 Å². The molecule has 0 saturated carbocycles. The molecule has 0 radical (unpaired) electrons. The topological polar surface area (TPSA) is 37.3 Å². The Bertz CT molecular complexity index is 294. The third kappa shape index (κ3) is 1.22. The Balaban J connectivity index is 3.36. The molecule has 0 atom stereocenters. The molecular formula is C8H7FO2. The van der Waals surface area contributed by atoms with E-state index in [1.807, 2.05) is 0 Å². The zero-order valence-corrected chi connectivity index (χ0v) is 5.97. The minimum atomic E-state index is -0.653. The van der Waals surface area contributed by atoms with E-state index in [9.17, 15) is 9.18 Å². The van der Waals surface area contributed by atoms with Gasteiger partial charge in [0, 0.05) is 5.56 Å². The van der Waals surface area contributed by atoms with Crippen LogP contribution in [0.4, 0.5) is 4.39 Å². The van der Waals surface area contributed by atoms with Crippen molar-refractivity contribution in [3.8, 4) is 5.75 Å². The van der Waals surface area contributed by atoms with Crippen molar-refractivity contribution in [3.05, 3.63) is 29.1 Å². The molecule has 0 aliphatic heterocycles. The summed E-state index contributed by atoms with van der Waals surface area (Å²) in [6, 6.07) is 2.53. The van der Waals surface area contributed by atoms with Crippen LogP contribution in [-0.2, 0) is 0 Å². The lowest BCUT2D eigenvalue weighted by molar-refractivity contribution is 0.111. The van der Waals surface area contributed by atoms with Gasteiger partial charge >= 0.3 is 0 Å². The average Bonchev–Trinajstić information content (AvgIpc) is 2.01. The first kappa shape index (κ1) is 7.72. The number of phenolic OH excluding ortho intramolecular Hbond substituents is 1. The summed E-state index contributed by atoms with van der Waals surface area (Å²) in [5, 5.41) is 8.96. The highest BCUT2D eigenvalue weighted by atomic mass is 19.1. The van der Waals surface area contributed by atoms with E-state index in [-0.39, 0.29) is 16.9 Å². The molecule has 0 aromatic heterocycles. The molecule has 0 fully saturated rings. The molecule has 2 nitrogen and oxygen atoms in total. The van der Waals surface area contributed by atoms with Gasteiger partial charge in [0.15, 0.2) is 6.29 Å². The van der Waals surface area contributed by atoms with Crippen molar-refractivity contribution < 1.29 is 14.3 Å². The third-order valence-corrected chi connectivity index (χ3v) is 1.51. The molecule has 0 heterocycles. The second kappa shape index (κ2) is 2.70. The predicted molar refractivity (Wildman–Crippen MR) is 38.2 cm³/mol. The summed E-state index contributed by atoms with van der Waals surface area (Å²) in [5.41, 5.74) is 0.0786. The summed E-state index contributed by atoms with van der Waals surface area (Å²) in [4.78, 5) is 10.2. The zero-order chi connectivity index (χ0) is 8.43. The van der Waals surface area contributed by atoms with Gasteiger partial charge in [0.2, 0.25) is 0 Å². The molecule has 0 spiro atoms. The van der Waals surface area contributed by atoms with E-state index >= 15 is 0 Å². The number of carbonyl (C=O) groups excluding carboxylic acids is 1. The summed E-state index contributed by atoms with van der Waals surface area (Å²) in [6.45, 7) is 1.41. The van der Waals surface area contributed by atoms with Crippen molar-refractivity contribution in [2.75, 3.05) is 0 Å². The molecule has 58 valence electrons. The van der Waals surface area contributed by atoms with Crippen LogP contribution in [0.15, 0.2) is 12.1 Å². The monoisotopic (exact) mass is 154 g/mol. The highest BCUT2D eigenvalue weighted by molar-refractivity contribution is 5.76. The van der Waals surface area contributed by atoms with Crippen molar-refractivity contribution in [1.29, 1.82) is 0 Å². The van der Waals surface area contributed by atoms with E-state index in [1.54, 1.807) is 0 Å². The van der Waals surface area contributed by atoms with Gasteiger partial charge in [0.1, 0.15) is 11.6 Å². The number of halogens is 1. The Labute approximate surface area is 63.3 Å². The maximum Gasteiger partial charge on any atom is 0.153 e. The van der Waals surface area contributed by atoms with Gasteiger partial charge in [0.05, 0.1) is 5.56 Å². The van der Waals surface area contributed by atoms with Crippen molar-refractivity contribution >= 4 is 6.29 Å². The lowest BCUT2D eigenvalue weighted by atomic mass is 10.1. The lowest BCUT2D eigenvalue weighted by Crippen LogP contribution is -1.90. The molecular weight excluding hydrogens is 147 g/mol. The predicted octanol–water partition coefficient (Wildman–Crippen LogP) is 1.65. The Kier molecular flexibility index (Phi) is 1.89. The quantitative estimate of drug-likeness (QED) is 0.624. The number of rotatable bonds is 1. The van der Waals surface area contributed by atoms with Crippen LogP contribution < -0.4 is 0 Å². The molecule has 0 aliphatic carbocycles. The second-order valence-corrected chi connectivity index (χ2v) is 2.23. The molecule has 3 heteroatoms. The first-order valence-corrected chi connectivity index (χ1v) is 3.10. The highest BCUT2D eigenvalue weighted by Crippen LogP contribution is 2.20. The fourth-order valence-electron chi connectivity index (χ4n) is 0.787. The number of hydrogen-bond acceptors (Lipinski definition) is 2. The molecule has 1 rings (SSSR count). The van der Waals surface area contributed by atoms with Crippen LogP contribution in [0.5, 0.6) is 5.75 Å². The normalized spacial score (nSPS) is 9.64. The van der Waals surface area contributed by atoms with Gasteiger partial charge in [-0.1, -0.05) is 0 Å². The van der Waals surface area contributed by atoms with Gasteiger partial charge in [-0.2, -0.15) is 0 Å². The summed E-state index contributed by atoms with van der Waals surface area (Å²) in [7, 11) is 0. The number of carbonyl (C=O) groups is 1. The summed E-state index contributed by atoms with van der Waals surface area (Å²) in [6.07, 6.45) is 0.418. The molecule has 11 heavy (non-hydrogen) atoms. The van der Waals surface area contributed by atoms with Crippen LogP contribution in [-0.4, -0.2) is 11.4 Å². The zero-order valence-electron chi connectivity index (χ0n) is 5.97. The van der Waals surface area contributed by atoms with Gasteiger partial charge < -0.3 is 5.11 Å². The van der Waals surface area contributed by atoms with Crippen LogP contribution >= 0.6 is 0 Å². The van der Waals surface area contributed by atoms with E-state index in [0.29, 0.717) is 6.29 Å². The number of aldehydes is 1.